The number of aryl methyl sites for hydroxylation is 1. The Morgan fingerprint density at radius 2 is 1.96 bits per heavy atom. The van der Waals surface area contributed by atoms with Gasteiger partial charge in [-0.1, -0.05) is 24.3 Å². The maximum absolute atomic E-state index is 12.3. The van der Waals surface area contributed by atoms with Crippen LogP contribution < -0.4 is 15.0 Å². The topological polar surface area (TPSA) is 84.9 Å². The summed E-state index contributed by atoms with van der Waals surface area (Å²) < 4.78 is 10.2. The van der Waals surface area contributed by atoms with E-state index in [1.165, 1.54) is 7.11 Å². The summed E-state index contributed by atoms with van der Waals surface area (Å²) in [5.74, 6) is -1.11. The Hall–Kier alpha value is -3.35. The summed E-state index contributed by atoms with van der Waals surface area (Å²) in [6, 6.07) is 14.4. The van der Waals surface area contributed by atoms with Gasteiger partial charge in [-0.25, -0.2) is 0 Å². The van der Waals surface area contributed by atoms with Gasteiger partial charge in [-0.3, -0.25) is 14.4 Å². The second-order valence-corrected chi connectivity index (χ2v) is 6.58. The average Bonchev–Trinajstić information content (AvgIpc) is 3.08. The van der Waals surface area contributed by atoms with Gasteiger partial charge in [0.1, 0.15) is 5.75 Å². The van der Waals surface area contributed by atoms with Crippen molar-refractivity contribution in [1.29, 1.82) is 0 Å². The monoisotopic (exact) mass is 382 g/mol. The summed E-state index contributed by atoms with van der Waals surface area (Å²) in [7, 11) is 1.53. The summed E-state index contributed by atoms with van der Waals surface area (Å²) in [6.45, 7) is 1.75. The van der Waals surface area contributed by atoms with E-state index in [0.717, 1.165) is 11.3 Å². The number of hydrogen-bond donors (Lipinski definition) is 1. The molecule has 0 unspecified atom stereocenters. The van der Waals surface area contributed by atoms with Gasteiger partial charge in [0, 0.05) is 30.4 Å². The number of carbonyl (C=O) groups excluding carboxylic acids is 3. The fourth-order valence-corrected chi connectivity index (χ4v) is 3.12. The highest BCUT2D eigenvalue weighted by Gasteiger charge is 2.36. The zero-order valence-corrected chi connectivity index (χ0v) is 15.8. The minimum atomic E-state index is -0.586. The third kappa shape index (κ3) is 4.49. The van der Waals surface area contributed by atoms with Gasteiger partial charge in [0.15, 0.2) is 6.61 Å². The van der Waals surface area contributed by atoms with Gasteiger partial charge in [0.25, 0.3) is 5.91 Å². The molecule has 0 aliphatic carbocycles. The molecule has 1 atom stereocenters. The van der Waals surface area contributed by atoms with Crippen LogP contribution in [0.4, 0.5) is 11.4 Å². The van der Waals surface area contributed by atoms with Crippen LogP contribution in [0.15, 0.2) is 48.5 Å². The number of benzene rings is 2. The lowest BCUT2D eigenvalue weighted by Crippen LogP contribution is -2.28. The minimum absolute atomic E-state index is 0.0741. The minimum Gasteiger partial charge on any atom is -0.497 e. The standard InChI is InChI=1S/C21H22N2O5/c1-14-6-3-4-9-18(14)23-12-15(10-20(23)25)21(26)28-13-19(24)22-16-7-5-8-17(11-16)27-2/h3-9,11,15H,10,12-13H2,1-2H3,(H,22,24)/t15-/m0/s1. The number of nitrogens with one attached hydrogen (secondary N) is 1. The molecule has 0 bridgehead atoms. The lowest BCUT2D eigenvalue weighted by atomic mass is 10.1. The highest BCUT2D eigenvalue weighted by molar-refractivity contribution is 6.00. The van der Waals surface area contributed by atoms with Crippen LogP contribution in [0.25, 0.3) is 0 Å². The fraction of sp³-hybridized carbons (Fsp3) is 0.286. The van der Waals surface area contributed by atoms with Crippen LogP contribution >= 0.6 is 0 Å². The molecule has 1 fully saturated rings. The molecule has 28 heavy (non-hydrogen) atoms. The molecule has 3 rings (SSSR count). The maximum atomic E-state index is 12.3. The molecule has 1 N–H and O–H groups in total. The van der Waals surface area contributed by atoms with Crippen molar-refractivity contribution in [2.45, 2.75) is 13.3 Å². The number of amides is 2. The van der Waals surface area contributed by atoms with Gasteiger partial charge < -0.3 is 19.7 Å². The Balaban J connectivity index is 1.53. The van der Waals surface area contributed by atoms with E-state index in [2.05, 4.69) is 5.32 Å². The molecular weight excluding hydrogens is 360 g/mol. The molecular formula is C21H22N2O5. The van der Waals surface area contributed by atoms with E-state index < -0.39 is 24.4 Å². The quantitative estimate of drug-likeness (QED) is 0.776. The molecule has 1 aliphatic heterocycles. The largest absolute Gasteiger partial charge is 0.497 e. The van der Waals surface area contributed by atoms with Gasteiger partial charge in [-0.15, -0.1) is 0 Å². The van der Waals surface area contributed by atoms with Crippen LogP contribution in [-0.2, 0) is 19.1 Å². The second kappa shape index (κ2) is 8.56. The number of anilines is 2. The van der Waals surface area contributed by atoms with Crippen molar-refractivity contribution < 1.29 is 23.9 Å². The number of methoxy groups -OCH3 is 1. The van der Waals surface area contributed by atoms with Crippen molar-refractivity contribution in [2.75, 3.05) is 30.5 Å². The molecule has 7 heteroatoms. The zero-order valence-electron chi connectivity index (χ0n) is 15.8. The smallest absolute Gasteiger partial charge is 0.311 e. The van der Waals surface area contributed by atoms with Crippen LogP contribution in [0.3, 0.4) is 0 Å². The first-order chi connectivity index (χ1) is 13.5. The lowest BCUT2D eigenvalue weighted by molar-refractivity contribution is -0.151. The third-order valence-corrected chi connectivity index (χ3v) is 4.56. The molecule has 1 aliphatic rings. The number of ether oxygens (including phenoxy) is 2. The predicted octanol–water partition coefficient (Wildman–Crippen LogP) is 2.54. The Morgan fingerprint density at radius 3 is 2.71 bits per heavy atom. The fourth-order valence-electron chi connectivity index (χ4n) is 3.12. The summed E-state index contributed by atoms with van der Waals surface area (Å²) in [5, 5.41) is 2.64. The summed E-state index contributed by atoms with van der Waals surface area (Å²) >= 11 is 0. The highest BCUT2D eigenvalue weighted by Crippen LogP contribution is 2.28. The van der Waals surface area contributed by atoms with E-state index in [0.29, 0.717) is 11.4 Å². The molecule has 0 spiro atoms. The van der Waals surface area contributed by atoms with Crippen molar-refractivity contribution in [3.05, 3.63) is 54.1 Å². The van der Waals surface area contributed by atoms with Crippen LogP contribution in [0.2, 0.25) is 0 Å². The third-order valence-electron chi connectivity index (χ3n) is 4.56. The number of para-hydroxylation sites is 1. The number of hydrogen-bond acceptors (Lipinski definition) is 5. The Morgan fingerprint density at radius 1 is 1.18 bits per heavy atom. The summed E-state index contributed by atoms with van der Waals surface area (Å²) in [6.07, 6.45) is 0.0741. The molecule has 0 saturated carbocycles. The summed E-state index contributed by atoms with van der Waals surface area (Å²) in [5.41, 5.74) is 2.29. The van der Waals surface area contributed by atoms with Crippen molar-refractivity contribution in [1.82, 2.24) is 0 Å². The molecule has 1 saturated heterocycles. The molecule has 2 aromatic carbocycles. The van der Waals surface area contributed by atoms with E-state index >= 15 is 0 Å². The molecule has 146 valence electrons. The number of esters is 1. The normalized spacial score (nSPS) is 16.0. The van der Waals surface area contributed by atoms with E-state index in [4.69, 9.17) is 9.47 Å². The van der Waals surface area contributed by atoms with Crippen LogP contribution in [0.5, 0.6) is 5.75 Å². The second-order valence-electron chi connectivity index (χ2n) is 6.58. The average molecular weight is 382 g/mol. The Labute approximate surface area is 163 Å². The van der Waals surface area contributed by atoms with Gasteiger partial charge in [-0.05, 0) is 30.7 Å². The van der Waals surface area contributed by atoms with Crippen molar-refractivity contribution in [2.24, 2.45) is 5.92 Å². The number of carbonyl (C=O) groups is 3. The number of nitrogens with zero attached hydrogens (tertiary/aromatic N) is 1. The molecule has 0 radical (unpaired) electrons. The molecule has 0 aromatic heterocycles. The van der Waals surface area contributed by atoms with Crippen LogP contribution in [-0.4, -0.2) is 38.0 Å². The van der Waals surface area contributed by atoms with Crippen molar-refractivity contribution in [3.8, 4) is 5.75 Å². The first kappa shape index (κ1) is 19.4. The Kier molecular flexibility index (Phi) is 5.93. The van der Waals surface area contributed by atoms with Gasteiger partial charge in [0.05, 0.1) is 13.0 Å². The maximum Gasteiger partial charge on any atom is 0.311 e. The molecule has 7 nitrogen and oxygen atoms in total. The zero-order chi connectivity index (χ0) is 20.1. The first-order valence-corrected chi connectivity index (χ1v) is 8.94. The van der Waals surface area contributed by atoms with Crippen molar-refractivity contribution in [3.63, 3.8) is 0 Å². The molecule has 1 heterocycles. The summed E-state index contributed by atoms with van der Waals surface area (Å²) in [4.78, 5) is 38.2. The predicted molar refractivity (Wildman–Crippen MR) is 104 cm³/mol. The highest BCUT2D eigenvalue weighted by atomic mass is 16.5. The Bertz CT molecular complexity index is 896. The van der Waals surface area contributed by atoms with Crippen LogP contribution in [0, 0.1) is 12.8 Å². The molecule has 2 amide bonds. The van der Waals surface area contributed by atoms with Crippen LogP contribution in [0.1, 0.15) is 12.0 Å². The SMILES string of the molecule is COc1cccc(NC(=O)COC(=O)[C@H]2CC(=O)N(c3ccccc3C)C2)c1. The van der Waals surface area contributed by atoms with Gasteiger partial charge in [0.2, 0.25) is 5.91 Å². The van der Waals surface area contributed by atoms with Gasteiger partial charge in [-0.2, -0.15) is 0 Å². The molecule has 2 aromatic rings. The number of rotatable bonds is 6. The van der Waals surface area contributed by atoms with E-state index in [1.54, 1.807) is 29.2 Å². The van der Waals surface area contributed by atoms with E-state index in [1.807, 2.05) is 31.2 Å². The van der Waals surface area contributed by atoms with Gasteiger partial charge >= 0.3 is 5.97 Å². The lowest BCUT2D eigenvalue weighted by Gasteiger charge is -2.18. The van der Waals surface area contributed by atoms with Crippen molar-refractivity contribution >= 4 is 29.2 Å². The first-order valence-electron chi connectivity index (χ1n) is 8.94. The van der Waals surface area contributed by atoms with E-state index in [9.17, 15) is 14.4 Å². The van der Waals surface area contributed by atoms with E-state index in [-0.39, 0.29) is 18.9 Å².